The molecule has 0 aromatic heterocycles. The smallest absolute Gasteiger partial charge is 0.392 e. The second-order valence-corrected chi connectivity index (χ2v) is 7.90. The van der Waals surface area contributed by atoms with Crippen molar-refractivity contribution >= 4 is 16.0 Å². The molecular weight excluding hydrogens is 366 g/mol. The third-order valence-electron chi connectivity index (χ3n) is 3.49. The fraction of sp³-hybridized carbons (Fsp3) is 0.800. The number of hydrogen-bond acceptors (Lipinski definition) is 4. The van der Waals surface area contributed by atoms with Crippen molar-refractivity contribution in [2.75, 3.05) is 12.8 Å². The highest BCUT2D eigenvalue weighted by Gasteiger charge is 2.66. The number of hydrogen-bond donors (Lipinski definition) is 0. The maximum atomic E-state index is 13.9. The van der Waals surface area contributed by atoms with E-state index in [1.165, 1.54) is 0 Å². The van der Waals surface area contributed by atoms with Gasteiger partial charge >= 0.3 is 18.1 Å². The van der Waals surface area contributed by atoms with Crippen LogP contribution in [0.15, 0.2) is 12.2 Å². The number of nitrogens with zero attached hydrogens (tertiary/aromatic N) is 1. The Morgan fingerprint density at radius 2 is 1.56 bits per heavy atom. The molecule has 0 rings (SSSR count). The van der Waals surface area contributed by atoms with E-state index in [2.05, 4.69) is 11.3 Å². The highest BCUT2D eigenvalue weighted by Crippen LogP contribution is 2.39. The summed E-state index contributed by atoms with van der Waals surface area (Å²) in [5.74, 6) is -2.44. The number of carbonyl (C=O) groups excluding carboxylic acids is 1. The number of unbranched alkanes of at least 4 members (excludes halogenated alkanes) is 5. The van der Waals surface area contributed by atoms with Crippen molar-refractivity contribution < 1.29 is 35.5 Å². The molecule has 0 fully saturated rings. The monoisotopic (exact) mass is 391 g/mol. The molecular formula is C15H25F4NO4S. The van der Waals surface area contributed by atoms with E-state index in [1.807, 2.05) is 6.92 Å². The summed E-state index contributed by atoms with van der Waals surface area (Å²) in [6, 6.07) is -5.22. The van der Waals surface area contributed by atoms with Gasteiger partial charge in [0, 0.05) is 12.6 Å². The van der Waals surface area contributed by atoms with Crippen molar-refractivity contribution in [3.05, 3.63) is 12.2 Å². The molecule has 0 saturated heterocycles. The summed E-state index contributed by atoms with van der Waals surface area (Å²) >= 11 is 0. The first-order valence-electron chi connectivity index (χ1n) is 7.90. The lowest BCUT2D eigenvalue weighted by molar-refractivity contribution is -0.358. The maximum absolute atomic E-state index is 13.9. The fourth-order valence-corrected chi connectivity index (χ4v) is 3.12. The normalized spacial score (nSPS) is 13.1. The van der Waals surface area contributed by atoms with Gasteiger partial charge in [0.2, 0.25) is 10.0 Å². The third kappa shape index (κ3) is 6.93. The molecule has 148 valence electrons. The lowest BCUT2D eigenvalue weighted by atomic mass is 10.1. The molecule has 0 heterocycles. The Kier molecular flexibility index (Phi) is 9.07. The molecule has 10 heteroatoms. The summed E-state index contributed by atoms with van der Waals surface area (Å²) < 4.78 is 81.4. The van der Waals surface area contributed by atoms with Crippen LogP contribution in [0.3, 0.4) is 0 Å². The van der Waals surface area contributed by atoms with Crippen molar-refractivity contribution in [2.24, 2.45) is 0 Å². The molecule has 0 amide bonds. The number of alkyl halides is 4. The summed E-state index contributed by atoms with van der Waals surface area (Å²) in [5.41, 5.74) is -0.520. The van der Waals surface area contributed by atoms with E-state index in [0.717, 1.165) is 32.6 Å². The molecule has 0 aromatic rings. The lowest BCUT2D eigenvalue weighted by Crippen LogP contribution is -2.57. The van der Waals surface area contributed by atoms with Gasteiger partial charge in [-0.05, 0) is 13.3 Å². The van der Waals surface area contributed by atoms with Crippen LogP contribution in [0.5, 0.6) is 0 Å². The minimum absolute atomic E-state index is 0.0730. The topological polar surface area (TPSA) is 63.7 Å². The van der Waals surface area contributed by atoms with Gasteiger partial charge < -0.3 is 4.74 Å². The van der Waals surface area contributed by atoms with E-state index in [4.69, 9.17) is 0 Å². The SMILES string of the molecule is C=C(C)C(=O)OC(F)(F)C(F)(F)N(C)S(=O)(=O)CCCCCCCC. The van der Waals surface area contributed by atoms with Gasteiger partial charge in [-0.2, -0.15) is 17.6 Å². The Morgan fingerprint density at radius 1 is 1.08 bits per heavy atom. The Hall–Kier alpha value is -1.16. The van der Waals surface area contributed by atoms with E-state index in [1.54, 1.807) is 0 Å². The summed E-state index contributed by atoms with van der Waals surface area (Å²) in [4.78, 5) is 11.1. The number of sulfonamides is 1. The first-order valence-corrected chi connectivity index (χ1v) is 9.51. The maximum Gasteiger partial charge on any atom is 0.483 e. The van der Waals surface area contributed by atoms with Gasteiger partial charge in [-0.15, -0.1) is 4.31 Å². The predicted octanol–water partition coefficient (Wildman–Crippen LogP) is 3.91. The highest BCUT2D eigenvalue weighted by molar-refractivity contribution is 7.89. The fourth-order valence-electron chi connectivity index (χ4n) is 1.82. The summed E-state index contributed by atoms with van der Waals surface area (Å²) in [5, 5.41) is 0. The van der Waals surface area contributed by atoms with Crippen LogP contribution < -0.4 is 0 Å². The standard InChI is InChI=1S/C15H25F4NO4S/c1-5-6-7-8-9-10-11-25(22,23)20(4)14(16,17)15(18,19)24-13(21)12(2)3/h2,5-11H2,1,3-4H3. The van der Waals surface area contributed by atoms with Crippen LogP contribution in [0.1, 0.15) is 52.4 Å². The van der Waals surface area contributed by atoms with Crippen LogP contribution in [-0.4, -0.2) is 43.6 Å². The molecule has 0 atom stereocenters. The average molecular weight is 391 g/mol. The van der Waals surface area contributed by atoms with Crippen molar-refractivity contribution in [2.45, 2.75) is 64.5 Å². The van der Waals surface area contributed by atoms with Crippen LogP contribution in [0, 0.1) is 0 Å². The van der Waals surface area contributed by atoms with Crippen molar-refractivity contribution in [3.63, 3.8) is 0 Å². The van der Waals surface area contributed by atoms with Crippen LogP contribution in [0.4, 0.5) is 17.6 Å². The quantitative estimate of drug-likeness (QED) is 0.166. The number of likely N-dealkylation sites (N-methyl/N-ethyl adjacent to an activating group) is 1. The van der Waals surface area contributed by atoms with Crippen molar-refractivity contribution in [1.29, 1.82) is 0 Å². The lowest BCUT2D eigenvalue weighted by Gasteiger charge is -2.31. The van der Waals surface area contributed by atoms with E-state index in [9.17, 15) is 30.8 Å². The van der Waals surface area contributed by atoms with Crippen LogP contribution in [0.2, 0.25) is 0 Å². The molecule has 0 spiro atoms. The Bertz CT molecular complexity index is 564. The van der Waals surface area contributed by atoms with Crippen LogP contribution in [-0.2, 0) is 19.6 Å². The highest BCUT2D eigenvalue weighted by atomic mass is 32.2. The number of carbonyl (C=O) groups is 1. The molecule has 25 heavy (non-hydrogen) atoms. The molecule has 0 aliphatic heterocycles. The van der Waals surface area contributed by atoms with Gasteiger partial charge in [-0.25, -0.2) is 13.2 Å². The van der Waals surface area contributed by atoms with E-state index in [-0.39, 0.29) is 6.42 Å². The zero-order chi connectivity index (χ0) is 19.9. The summed E-state index contributed by atoms with van der Waals surface area (Å²) in [6.45, 7) is 6.00. The molecule has 5 nitrogen and oxygen atoms in total. The minimum Gasteiger partial charge on any atom is -0.392 e. The number of halogens is 4. The van der Waals surface area contributed by atoms with E-state index in [0.29, 0.717) is 13.5 Å². The van der Waals surface area contributed by atoms with Gasteiger partial charge in [0.1, 0.15) is 0 Å². The molecule has 0 bridgehead atoms. The van der Waals surface area contributed by atoms with Gasteiger partial charge in [0.05, 0.1) is 5.75 Å². The largest absolute Gasteiger partial charge is 0.483 e. The Morgan fingerprint density at radius 3 is 2.04 bits per heavy atom. The Labute approximate surface area is 146 Å². The van der Waals surface area contributed by atoms with Gasteiger partial charge in [-0.3, -0.25) is 0 Å². The first kappa shape index (κ1) is 23.8. The molecule has 0 saturated carbocycles. The minimum atomic E-state index is -5.33. The second-order valence-electron chi connectivity index (χ2n) is 5.78. The van der Waals surface area contributed by atoms with E-state index < -0.39 is 43.8 Å². The molecule has 0 radical (unpaired) electrons. The van der Waals surface area contributed by atoms with Crippen molar-refractivity contribution in [3.8, 4) is 0 Å². The van der Waals surface area contributed by atoms with Crippen LogP contribution >= 0.6 is 0 Å². The number of ether oxygens (including phenoxy) is 1. The van der Waals surface area contributed by atoms with Crippen molar-refractivity contribution in [1.82, 2.24) is 4.31 Å². The zero-order valence-electron chi connectivity index (χ0n) is 14.7. The summed E-state index contributed by atoms with van der Waals surface area (Å²) in [6.07, 6.45) is -1.18. The van der Waals surface area contributed by atoms with Crippen LogP contribution in [0.25, 0.3) is 0 Å². The number of rotatable bonds is 12. The second kappa shape index (κ2) is 9.51. The molecule has 0 aliphatic rings. The van der Waals surface area contributed by atoms with Gasteiger partial charge in [0.25, 0.3) is 0 Å². The first-order chi connectivity index (χ1) is 11.3. The zero-order valence-corrected chi connectivity index (χ0v) is 15.5. The number of esters is 1. The van der Waals surface area contributed by atoms with Gasteiger partial charge in [0.15, 0.2) is 0 Å². The predicted molar refractivity (Wildman–Crippen MR) is 85.7 cm³/mol. The molecule has 0 aromatic carbocycles. The molecule has 0 aliphatic carbocycles. The Balaban J connectivity index is 4.92. The summed E-state index contributed by atoms with van der Waals surface area (Å²) in [7, 11) is -4.33. The van der Waals surface area contributed by atoms with E-state index >= 15 is 0 Å². The van der Waals surface area contributed by atoms with Gasteiger partial charge in [-0.1, -0.05) is 45.6 Å². The average Bonchev–Trinajstić information content (AvgIpc) is 2.49. The molecule has 0 unspecified atom stereocenters. The molecule has 0 N–H and O–H groups in total. The third-order valence-corrected chi connectivity index (χ3v) is 5.36.